The summed E-state index contributed by atoms with van der Waals surface area (Å²) in [7, 11) is -2.33. The van der Waals surface area contributed by atoms with E-state index >= 15 is 0 Å². The monoisotopic (exact) mass is 296 g/mol. The van der Waals surface area contributed by atoms with E-state index in [9.17, 15) is 13.2 Å². The smallest absolute Gasteiger partial charge is 0.271 e. The summed E-state index contributed by atoms with van der Waals surface area (Å²) in [5.41, 5.74) is 1.37. The number of hydrogen-bond donors (Lipinski definition) is 1. The number of hydrogen-bond acceptors (Lipinski definition) is 4. The highest BCUT2D eigenvalue weighted by atomic mass is 32.2. The lowest BCUT2D eigenvalue weighted by atomic mass is 10.1. The van der Waals surface area contributed by atoms with E-state index in [0.717, 1.165) is 11.1 Å². The van der Waals surface area contributed by atoms with Gasteiger partial charge >= 0.3 is 0 Å². The number of aryl methyl sites for hydroxylation is 2. The molecule has 0 spiro atoms. The molecule has 0 radical (unpaired) electrons. The Morgan fingerprint density at radius 1 is 1.35 bits per heavy atom. The highest BCUT2D eigenvalue weighted by Gasteiger charge is 2.11. The molecule has 0 atom stereocenters. The Labute approximate surface area is 115 Å². The van der Waals surface area contributed by atoms with Crippen LogP contribution in [0.25, 0.3) is 11.1 Å². The zero-order valence-corrected chi connectivity index (χ0v) is 11.6. The summed E-state index contributed by atoms with van der Waals surface area (Å²) in [5, 5.41) is 4.04. The second-order valence-electron chi connectivity index (χ2n) is 4.33. The number of nitrogens with zero attached hydrogens (tertiary/aromatic N) is 3. The Hall–Kier alpha value is -2.06. The first-order chi connectivity index (χ1) is 9.35. The van der Waals surface area contributed by atoms with E-state index in [0.29, 0.717) is 0 Å². The molecule has 7 nitrogen and oxygen atoms in total. The molecule has 0 unspecified atom stereocenters. The Morgan fingerprint density at radius 3 is 2.65 bits per heavy atom. The molecule has 0 saturated heterocycles. The Balaban J connectivity index is 2.19. The molecule has 0 saturated carbocycles. The molecule has 106 valence electrons. The van der Waals surface area contributed by atoms with Gasteiger partial charge in [-0.3, -0.25) is 9.35 Å². The van der Waals surface area contributed by atoms with Crippen molar-refractivity contribution in [3.63, 3.8) is 0 Å². The van der Waals surface area contributed by atoms with E-state index in [-0.39, 0.29) is 12.1 Å². The maximum atomic E-state index is 11.5. The molecule has 0 bridgehead atoms. The van der Waals surface area contributed by atoms with Crippen LogP contribution in [-0.2, 0) is 23.7 Å². The van der Waals surface area contributed by atoms with Crippen LogP contribution in [0.3, 0.4) is 0 Å². The van der Waals surface area contributed by atoms with Crippen molar-refractivity contribution in [2.24, 2.45) is 7.05 Å². The van der Waals surface area contributed by atoms with Gasteiger partial charge in [-0.05, 0) is 16.7 Å². The molecule has 2 aromatic heterocycles. The van der Waals surface area contributed by atoms with Gasteiger partial charge in [0.25, 0.3) is 15.7 Å². The van der Waals surface area contributed by atoms with Crippen LogP contribution in [-0.4, -0.2) is 28.4 Å². The molecule has 0 fully saturated rings. The fourth-order valence-electron chi connectivity index (χ4n) is 1.62. The molecule has 0 amide bonds. The van der Waals surface area contributed by atoms with Crippen molar-refractivity contribution in [1.82, 2.24) is 9.67 Å². The Morgan fingerprint density at radius 2 is 2.10 bits per heavy atom. The lowest BCUT2D eigenvalue weighted by Gasteiger charge is -2.01. The SMILES string of the molecule is Cn1ccc(-c2cc[n+](CCS(=O)(=O)O)nc2)cc1=O. The molecule has 0 aliphatic heterocycles. The van der Waals surface area contributed by atoms with Gasteiger partial charge in [0.05, 0.1) is 0 Å². The minimum absolute atomic E-state index is 0.0651. The van der Waals surface area contributed by atoms with E-state index in [1.165, 1.54) is 15.3 Å². The largest absolute Gasteiger partial charge is 0.319 e. The van der Waals surface area contributed by atoms with Crippen molar-refractivity contribution in [1.29, 1.82) is 0 Å². The summed E-state index contributed by atoms with van der Waals surface area (Å²) < 4.78 is 32.8. The predicted octanol–water partition coefficient (Wildman–Crippen LogP) is -0.377. The molecule has 2 heterocycles. The highest BCUT2D eigenvalue weighted by Crippen LogP contribution is 2.13. The number of rotatable bonds is 4. The van der Waals surface area contributed by atoms with Crippen molar-refractivity contribution in [2.75, 3.05) is 5.75 Å². The second-order valence-corrected chi connectivity index (χ2v) is 5.90. The van der Waals surface area contributed by atoms with Gasteiger partial charge in [-0.25, -0.2) is 0 Å². The van der Waals surface area contributed by atoms with Crippen LogP contribution < -0.4 is 10.2 Å². The number of aromatic nitrogens is 3. The Bertz CT molecular complexity index is 766. The van der Waals surface area contributed by atoms with Crippen molar-refractivity contribution in [3.05, 3.63) is 47.1 Å². The first kappa shape index (κ1) is 14.4. The van der Waals surface area contributed by atoms with Crippen LogP contribution in [0.4, 0.5) is 0 Å². The Kier molecular flexibility index (Phi) is 3.96. The fourth-order valence-corrected chi connectivity index (χ4v) is 2.04. The van der Waals surface area contributed by atoms with Gasteiger partial charge in [0.1, 0.15) is 11.9 Å². The van der Waals surface area contributed by atoms with Gasteiger partial charge in [-0.2, -0.15) is 8.42 Å². The summed E-state index contributed by atoms with van der Waals surface area (Å²) >= 11 is 0. The zero-order chi connectivity index (χ0) is 14.8. The summed E-state index contributed by atoms with van der Waals surface area (Å²) in [5.74, 6) is -0.393. The van der Waals surface area contributed by atoms with Gasteiger partial charge in [0.2, 0.25) is 0 Å². The van der Waals surface area contributed by atoms with Gasteiger partial charge in [0, 0.05) is 30.9 Å². The van der Waals surface area contributed by atoms with Gasteiger partial charge < -0.3 is 4.57 Å². The van der Waals surface area contributed by atoms with E-state index < -0.39 is 15.9 Å². The average Bonchev–Trinajstić information content (AvgIpc) is 2.39. The van der Waals surface area contributed by atoms with Crippen molar-refractivity contribution >= 4 is 10.1 Å². The lowest BCUT2D eigenvalue weighted by molar-refractivity contribution is -0.750. The zero-order valence-electron chi connectivity index (χ0n) is 10.8. The van der Waals surface area contributed by atoms with Gasteiger partial charge in [0.15, 0.2) is 12.7 Å². The molecule has 8 heteroatoms. The molecule has 2 aromatic rings. The molecule has 0 aromatic carbocycles. The molecule has 2 rings (SSSR count). The van der Waals surface area contributed by atoms with Crippen LogP contribution >= 0.6 is 0 Å². The summed E-state index contributed by atoms with van der Waals surface area (Å²) in [6.07, 6.45) is 4.80. The summed E-state index contributed by atoms with van der Waals surface area (Å²) in [6, 6.07) is 5.02. The third kappa shape index (κ3) is 3.72. The molecular weight excluding hydrogens is 282 g/mol. The van der Waals surface area contributed by atoms with Gasteiger partial charge in [-0.1, -0.05) is 4.68 Å². The van der Waals surface area contributed by atoms with Crippen LogP contribution in [0.2, 0.25) is 0 Å². The van der Waals surface area contributed by atoms with Crippen LogP contribution in [0.5, 0.6) is 0 Å². The first-order valence-corrected chi connectivity index (χ1v) is 7.44. The highest BCUT2D eigenvalue weighted by molar-refractivity contribution is 7.85. The predicted molar refractivity (Wildman–Crippen MR) is 71.5 cm³/mol. The van der Waals surface area contributed by atoms with Crippen LogP contribution in [0.15, 0.2) is 41.6 Å². The molecular formula is C12H14N3O4S+. The fraction of sp³-hybridized carbons (Fsp3) is 0.250. The molecule has 1 N–H and O–H groups in total. The third-order valence-electron chi connectivity index (χ3n) is 2.79. The quantitative estimate of drug-likeness (QED) is 0.613. The van der Waals surface area contributed by atoms with Crippen LogP contribution in [0, 0.1) is 0 Å². The average molecular weight is 296 g/mol. The summed E-state index contributed by atoms with van der Waals surface area (Å²) in [4.78, 5) is 11.5. The van der Waals surface area contributed by atoms with Crippen LogP contribution in [0.1, 0.15) is 0 Å². The third-order valence-corrected chi connectivity index (χ3v) is 3.49. The molecule has 0 aliphatic carbocycles. The minimum atomic E-state index is -4.00. The minimum Gasteiger partial charge on any atom is -0.319 e. The maximum absolute atomic E-state index is 11.5. The standard InChI is InChI=1S/C12H13N3O4S/c1-14-4-2-10(8-12(14)16)11-3-5-15(13-9-11)6-7-20(17,18)19/h2-5,8-9H,6-7H2,1H3/p+1. The van der Waals surface area contributed by atoms with E-state index in [2.05, 4.69) is 5.10 Å². The topological polar surface area (TPSA) is 93.1 Å². The normalized spacial score (nSPS) is 11.5. The van der Waals surface area contributed by atoms with Crippen molar-refractivity contribution in [3.8, 4) is 11.1 Å². The number of pyridine rings is 1. The molecule has 0 aliphatic rings. The summed E-state index contributed by atoms with van der Waals surface area (Å²) in [6.45, 7) is 0.0651. The first-order valence-electron chi connectivity index (χ1n) is 5.83. The van der Waals surface area contributed by atoms with E-state index in [1.807, 2.05) is 0 Å². The maximum Gasteiger partial charge on any atom is 0.271 e. The van der Waals surface area contributed by atoms with E-state index in [4.69, 9.17) is 4.55 Å². The van der Waals surface area contributed by atoms with E-state index in [1.54, 1.807) is 37.8 Å². The lowest BCUT2D eigenvalue weighted by Crippen LogP contribution is -2.40. The second kappa shape index (κ2) is 5.51. The molecule has 20 heavy (non-hydrogen) atoms. The van der Waals surface area contributed by atoms with Crippen molar-refractivity contribution < 1.29 is 17.7 Å². The van der Waals surface area contributed by atoms with Crippen molar-refractivity contribution in [2.45, 2.75) is 6.54 Å². The van der Waals surface area contributed by atoms with Gasteiger partial charge in [-0.15, -0.1) is 0 Å².